The molecule has 1 N–H and O–H groups in total. The van der Waals surface area contributed by atoms with Crippen molar-refractivity contribution in [3.63, 3.8) is 0 Å². The minimum absolute atomic E-state index is 0.264. The molecule has 1 fully saturated rings. The van der Waals surface area contributed by atoms with Gasteiger partial charge in [0.1, 0.15) is 6.54 Å². The van der Waals surface area contributed by atoms with Crippen molar-refractivity contribution in [3.05, 3.63) is 57.1 Å². The van der Waals surface area contributed by atoms with Crippen LogP contribution in [0.4, 0.5) is 13.2 Å². The summed E-state index contributed by atoms with van der Waals surface area (Å²) in [5.41, 5.74) is 1.42. The summed E-state index contributed by atoms with van der Waals surface area (Å²) in [6.45, 7) is 3.14. The third kappa shape index (κ3) is 4.06. The molecule has 164 valence electrons. The molecule has 0 saturated heterocycles. The van der Waals surface area contributed by atoms with E-state index in [1.54, 1.807) is 25.6 Å². The van der Waals surface area contributed by atoms with Gasteiger partial charge in [-0.1, -0.05) is 12.1 Å². The van der Waals surface area contributed by atoms with Crippen molar-refractivity contribution in [2.75, 3.05) is 0 Å². The number of hydrogen-bond acceptors (Lipinski definition) is 4. The Hall–Kier alpha value is -3.17. The molecule has 10 heteroatoms. The van der Waals surface area contributed by atoms with Crippen molar-refractivity contribution in [2.45, 2.75) is 51.4 Å². The molecule has 2 heterocycles. The van der Waals surface area contributed by atoms with Gasteiger partial charge in [0.05, 0.1) is 33.9 Å². The maximum atomic E-state index is 13.0. The highest BCUT2D eigenvalue weighted by Gasteiger charge is 2.32. The second kappa shape index (κ2) is 7.51. The summed E-state index contributed by atoms with van der Waals surface area (Å²) >= 11 is 0. The van der Waals surface area contributed by atoms with E-state index in [1.165, 1.54) is 12.1 Å². The first kappa shape index (κ1) is 21.1. The van der Waals surface area contributed by atoms with Crippen molar-refractivity contribution in [3.8, 4) is 0 Å². The lowest BCUT2D eigenvalue weighted by Gasteiger charge is -2.16. The number of hydrogen-bond donors (Lipinski definition) is 1. The molecule has 1 aromatic carbocycles. The number of halogens is 3. The number of aryl methyl sites for hydroxylation is 2. The minimum Gasteiger partial charge on any atom is -0.348 e. The first-order valence-electron chi connectivity index (χ1n) is 9.97. The van der Waals surface area contributed by atoms with Gasteiger partial charge in [-0.15, -0.1) is 0 Å². The summed E-state index contributed by atoms with van der Waals surface area (Å²) in [5, 5.41) is 12.0. The predicted molar refractivity (Wildman–Crippen MR) is 107 cm³/mol. The maximum Gasteiger partial charge on any atom is 0.416 e. The lowest BCUT2D eigenvalue weighted by molar-refractivity contribution is -0.137. The van der Waals surface area contributed by atoms with E-state index in [0.29, 0.717) is 22.2 Å². The number of benzene rings is 1. The number of carbonyl (C=O) groups is 1. The van der Waals surface area contributed by atoms with Crippen LogP contribution in [0, 0.1) is 6.92 Å². The van der Waals surface area contributed by atoms with Gasteiger partial charge >= 0.3 is 6.18 Å². The van der Waals surface area contributed by atoms with Crippen molar-refractivity contribution in [2.24, 2.45) is 7.05 Å². The maximum absolute atomic E-state index is 13.0. The standard InChI is InChI=1S/C21H22F3N5O2/c1-11(13-6-8-15(9-7-13)21(22,23)24)25-16(30)10-29-20(31)17-18(14-4-5-14)27-28(3)19(17)12(2)26-29/h6-9,11,14H,4-5,10H2,1-3H3,(H,25,30). The van der Waals surface area contributed by atoms with E-state index in [1.807, 2.05) is 0 Å². The minimum atomic E-state index is -4.42. The van der Waals surface area contributed by atoms with E-state index < -0.39 is 23.7 Å². The summed E-state index contributed by atoms with van der Waals surface area (Å²) < 4.78 is 41.0. The average Bonchev–Trinajstić information content (AvgIpc) is 3.47. The van der Waals surface area contributed by atoms with Gasteiger partial charge in [0.25, 0.3) is 5.56 Å². The van der Waals surface area contributed by atoms with Crippen LogP contribution in [-0.4, -0.2) is 25.5 Å². The van der Waals surface area contributed by atoms with Crippen molar-refractivity contribution >= 4 is 16.8 Å². The summed E-state index contributed by atoms with van der Waals surface area (Å²) in [4.78, 5) is 25.6. The summed E-state index contributed by atoms with van der Waals surface area (Å²) in [5.74, 6) is -0.197. The molecule has 0 aliphatic heterocycles. The Bertz CT molecular complexity index is 1210. The summed E-state index contributed by atoms with van der Waals surface area (Å²) in [7, 11) is 1.77. The zero-order valence-corrected chi connectivity index (χ0v) is 17.3. The van der Waals surface area contributed by atoms with Gasteiger partial charge in [0.15, 0.2) is 0 Å². The number of carbonyl (C=O) groups excluding carboxylic acids is 1. The Morgan fingerprint density at radius 3 is 2.45 bits per heavy atom. The van der Waals surface area contributed by atoms with E-state index >= 15 is 0 Å². The molecule has 2 aromatic heterocycles. The van der Waals surface area contributed by atoms with E-state index in [-0.39, 0.29) is 18.0 Å². The van der Waals surface area contributed by atoms with E-state index in [0.717, 1.165) is 35.4 Å². The molecule has 4 rings (SSSR count). The van der Waals surface area contributed by atoms with Crippen LogP contribution in [0.1, 0.15) is 54.2 Å². The van der Waals surface area contributed by atoms with E-state index in [2.05, 4.69) is 15.5 Å². The van der Waals surface area contributed by atoms with Crippen LogP contribution >= 0.6 is 0 Å². The predicted octanol–water partition coefficient (Wildman–Crippen LogP) is 3.21. The first-order chi connectivity index (χ1) is 14.6. The highest BCUT2D eigenvalue weighted by Crippen LogP contribution is 2.41. The van der Waals surface area contributed by atoms with Crippen LogP contribution in [0.2, 0.25) is 0 Å². The zero-order valence-electron chi connectivity index (χ0n) is 17.3. The number of aromatic nitrogens is 4. The normalized spacial score (nSPS) is 15.3. The molecular weight excluding hydrogens is 411 g/mol. The fourth-order valence-electron chi connectivity index (χ4n) is 3.79. The molecule has 3 aromatic rings. The molecule has 7 nitrogen and oxygen atoms in total. The van der Waals surface area contributed by atoms with Gasteiger partial charge in [-0.05, 0) is 44.4 Å². The lowest BCUT2D eigenvalue weighted by Crippen LogP contribution is -2.35. The first-order valence-corrected chi connectivity index (χ1v) is 9.97. The van der Waals surface area contributed by atoms with Crippen molar-refractivity contribution in [1.82, 2.24) is 24.9 Å². The Labute approximate surface area is 175 Å². The molecule has 1 saturated carbocycles. The van der Waals surface area contributed by atoms with Gasteiger partial charge in [-0.3, -0.25) is 14.3 Å². The largest absolute Gasteiger partial charge is 0.416 e. The third-order valence-electron chi connectivity index (χ3n) is 5.51. The second-order valence-corrected chi connectivity index (χ2v) is 7.96. The highest BCUT2D eigenvalue weighted by atomic mass is 19.4. The Kier molecular flexibility index (Phi) is 5.10. The van der Waals surface area contributed by atoms with E-state index in [4.69, 9.17) is 0 Å². The molecule has 1 aliphatic carbocycles. The van der Waals surface area contributed by atoms with E-state index in [9.17, 15) is 22.8 Å². The van der Waals surface area contributed by atoms with Crippen LogP contribution in [-0.2, 0) is 24.6 Å². The van der Waals surface area contributed by atoms with Gasteiger partial charge in [0, 0.05) is 13.0 Å². The number of rotatable bonds is 5. The molecule has 0 radical (unpaired) electrons. The Morgan fingerprint density at radius 2 is 1.87 bits per heavy atom. The van der Waals surface area contributed by atoms with Gasteiger partial charge in [-0.2, -0.15) is 23.4 Å². The van der Waals surface area contributed by atoms with Crippen LogP contribution in [0.3, 0.4) is 0 Å². The second-order valence-electron chi connectivity index (χ2n) is 7.96. The molecule has 31 heavy (non-hydrogen) atoms. The lowest BCUT2D eigenvalue weighted by atomic mass is 10.1. The monoisotopic (exact) mass is 433 g/mol. The number of alkyl halides is 3. The Balaban J connectivity index is 1.54. The zero-order chi connectivity index (χ0) is 22.5. The van der Waals surface area contributed by atoms with Crippen molar-refractivity contribution < 1.29 is 18.0 Å². The summed E-state index contributed by atoms with van der Waals surface area (Å²) in [6.07, 6.45) is -2.45. The number of nitrogens with zero attached hydrogens (tertiary/aromatic N) is 4. The number of nitrogens with one attached hydrogen (secondary N) is 1. The highest BCUT2D eigenvalue weighted by molar-refractivity contribution is 5.84. The number of amides is 1. The molecule has 0 spiro atoms. The SMILES string of the molecule is Cc1nn(CC(=O)NC(C)c2ccc(C(F)(F)F)cc2)c(=O)c2c(C3CC3)nn(C)c12. The van der Waals surface area contributed by atoms with Gasteiger partial charge in [-0.25, -0.2) is 4.68 Å². The van der Waals surface area contributed by atoms with Crippen LogP contribution < -0.4 is 10.9 Å². The topological polar surface area (TPSA) is 81.8 Å². The third-order valence-corrected chi connectivity index (χ3v) is 5.51. The quantitative estimate of drug-likeness (QED) is 0.670. The molecule has 0 bridgehead atoms. The summed E-state index contributed by atoms with van der Waals surface area (Å²) in [6, 6.07) is 4.07. The molecule has 1 amide bonds. The molecule has 1 atom stereocenters. The fourth-order valence-corrected chi connectivity index (χ4v) is 3.79. The van der Waals surface area contributed by atoms with Crippen LogP contribution in [0.5, 0.6) is 0 Å². The van der Waals surface area contributed by atoms with Gasteiger partial charge < -0.3 is 5.32 Å². The average molecular weight is 433 g/mol. The smallest absolute Gasteiger partial charge is 0.348 e. The molecule has 1 aliphatic rings. The Morgan fingerprint density at radius 1 is 1.23 bits per heavy atom. The fraction of sp³-hybridized carbons (Fsp3) is 0.429. The number of fused-ring (bicyclic) bond motifs is 1. The van der Waals surface area contributed by atoms with Gasteiger partial charge in [0.2, 0.25) is 5.91 Å². The van der Waals surface area contributed by atoms with Crippen LogP contribution in [0.25, 0.3) is 10.9 Å². The molecular formula is C21H22F3N5O2. The van der Waals surface area contributed by atoms with Crippen LogP contribution in [0.15, 0.2) is 29.1 Å². The van der Waals surface area contributed by atoms with Crippen molar-refractivity contribution in [1.29, 1.82) is 0 Å². The molecule has 1 unspecified atom stereocenters.